The minimum atomic E-state index is -0.244. The second-order valence-corrected chi connectivity index (χ2v) is 7.30. The van der Waals surface area contributed by atoms with Gasteiger partial charge in [-0.25, -0.2) is 4.98 Å². The molecule has 1 aliphatic heterocycles. The van der Waals surface area contributed by atoms with E-state index >= 15 is 0 Å². The average Bonchev–Trinajstić information content (AvgIpc) is 2.88. The number of thiocarbonyl (C=S) groups is 1. The molecule has 0 aliphatic carbocycles. The third-order valence-corrected chi connectivity index (χ3v) is 5.33. The normalized spacial score (nSPS) is 16.1. The maximum atomic E-state index is 12.9. The summed E-state index contributed by atoms with van der Waals surface area (Å²) in [6, 6.07) is 5.34. The molecule has 2 aromatic rings. The van der Waals surface area contributed by atoms with E-state index in [1.165, 1.54) is 21.1 Å². The van der Waals surface area contributed by atoms with Crippen molar-refractivity contribution in [3.8, 4) is 0 Å². The summed E-state index contributed by atoms with van der Waals surface area (Å²) in [6.45, 7) is 1.20. The first-order chi connectivity index (χ1) is 12.5. The predicted octanol–water partition coefficient (Wildman–Crippen LogP) is 1.97. The van der Waals surface area contributed by atoms with Gasteiger partial charge in [-0.3, -0.25) is 18.9 Å². The number of aromatic nitrogens is 2. The molecule has 0 saturated carbocycles. The Morgan fingerprint density at radius 1 is 1.38 bits per heavy atom. The number of carbonyl (C=O) groups excluding carboxylic acids is 1. The summed E-state index contributed by atoms with van der Waals surface area (Å²) in [6.07, 6.45) is 3.99. The van der Waals surface area contributed by atoms with Gasteiger partial charge >= 0.3 is 0 Å². The smallest absolute Gasteiger partial charge is 0.267 e. The van der Waals surface area contributed by atoms with Crippen LogP contribution in [0.1, 0.15) is 12.0 Å². The minimum absolute atomic E-state index is 0.220. The van der Waals surface area contributed by atoms with Gasteiger partial charge in [-0.15, -0.1) is 0 Å². The summed E-state index contributed by atoms with van der Waals surface area (Å²) < 4.78 is 6.96. The Labute approximate surface area is 160 Å². The van der Waals surface area contributed by atoms with Crippen LogP contribution < -0.4 is 10.9 Å². The van der Waals surface area contributed by atoms with Crippen molar-refractivity contribution in [1.29, 1.82) is 0 Å². The quantitative estimate of drug-likeness (QED) is 0.459. The van der Waals surface area contributed by atoms with Gasteiger partial charge in [-0.2, -0.15) is 0 Å². The van der Waals surface area contributed by atoms with Gasteiger partial charge < -0.3 is 10.1 Å². The number of amides is 1. The molecule has 26 heavy (non-hydrogen) atoms. The number of hydrogen-bond acceptors (Lipinski definition) is 7. The van der Waals surface area contributed by atoms with Crippen LogP contribution in [0.2, 0.25) is 0 Å². The van der Waals surface area contributed by atoms with Crippen molar-refractivity contribution in [3.63, 3.8) is 0 Å². The van der Waals surface area contributed by atoms with Crippen molar-refractivity contribution < 1.29 is 9.53 Å². The number of methoxy groups -OCH3 is 1. The number of fused-ring (bicyclic) bond motifs is 1. The van der Waals surface area contributed by atoms with Gasteiger partial charge in [0.05, 0.1) is 10.5 Å². The highest BCUT2D eigenvalue weighted by Gasteiger charge is 2.29. The monoisotopic (exact) mass is 390 g/mol. The summed E-state index contributed by atoms with van der Waals surface area (Å²) in [4.78, 5) is 31.6. The highest BCUT2D eigenvalue weighted by molar-refractivity contribution is 8.26. The summed E-state index contributed by atoms with van der Waals surface area (Å²) in [5, 5.41) is 3.18. The lowest BCUT2D eigenvalue weighted by atomic mass is 10.2. The van der Waals surface area contributed by atoms with Crippen molar-refractivity contribution in [2.75, 3.05) is 32.6 Å². The molecule has 1 saturated heterocycles. The first kappa shape index (κ1) is 18.6. The van der Waals surface area contributed by atoms with E-state index < -0.39 is 0 Å². The lowest BCUT2D eigenvalue weighted by molar-refractivity contribution is -0.121. The molecule has 0 aromatic carbocycles. The third kappa shape index (κ3) is 3.64. The number of ether oxygens (including phenoxy) is 1. The molecule has 0 bridgehead atoms. The number of rotatable bonds is 6. The zero-order valence-electron chi connectivity index (χ0n) is 14.4. The van der Waals surface area contributed by atoms with E-state index in [0.717, 1.165) is 6.42 Å². The fourth-order valence-corrected chi connectivity index (χ4v) is 3.63. The summed E-state index contributed by atoms with van der Waals surface area (Å²) in [5.74, 6) is 0.224. The zero-order chi connectivity index (χ0) is 18.7. The predicted molar refractivity (Wildman–Crippen MR) is 107 cm³/mol. The second-order valence-electron chi connectivity index (χ2n) is 5.62. The van der Waals surface area contributed by atoms with E-state index in [2.05, 4.69) is 10.3 Å². The van der Waals surface area contributed by atoms with Crippen LogP contribution in [0.4, 0.5) is 5.82 Å². The molecule has 7 nitrogen and oxygen atoms in total. The van der Waals surface area contributed by atoms with E-state index in [9.17, 15) is 9.59 Å². The van der Waals surface area contributed by atoms with Crippen LogP contribution in [0.5, 0.6) is 0 Å². The maximum Gasteiger partial charge on any atom is 0.267 e. The van der Waals surface area contributed by atoms with Crippen LogP contribution in [-0.2, 0) is 9.53 Å². The Kier molecular flexibility index (Phi) is 5.70. The molecule has 1 fully saturated rings. The Bertz CT molecular complexity index is 955. The molecule has 1 aliphatic rings. The van der Waals surface area contributed by atoms with Gasteiger partial charge in [0.25, 0.3) is 11.5 Å². The lowest BCUT2D eigenvalue weighted by Crippen LogP contribution is -2.23. The van der Waals surface area contributed by atoms with Crippen LogP contribution in [0.25, 0.3) is 11.7 Å². The van der Waals surface area contributed by atoms with Gasteiger partial charge in [0.1, 0.15) is 15.8 Å². The lowest BCUT2D eigenvalue weighted by Gasteiger charge is -2.11. The highest BCUT2D eigenvalue weighted by Crippen LogP contribution is 2.31. The van der Waals surface area contributed by atoms with Gasteiger partial charge in [0.15, 0.2) is 0 Å². The molecule has 2 aromatic heterocycles. The zero-order valence-corrected chi connectivity index (χ0v) is 16.0. The largest absolute Gasteiger partial charge is 0.385 e. The minimum Gasteiger partial charge on any atom is -0.385 e. The second kappa shape index (κ2) is 7.98. The molecule has 0 atom stereocenters. The van der Waals surface area contributed by atoms with Gasteiger partial charge in [0, 0.05) is 33.5 Å². The van der Waals surface area contributed by atoms with Gasteiger partial charge in [-0.05, 0) is 24.6 Å². The topological polar surface area (TPSA) is 75.9 Å². The van der Waals surface area contributed by atoms with E-state index in [-0.39, 0.29) is 11.5 Å². The van der Waals surface area contributed by atoms with Gasteiger partial charge in [-0.1, -0.05) is 30.0 Å². The van der Waals surface area contributed by atoms with Crippen LogP contribution in [-0.4, -0.2) is 51.8 Å². The number of nitrogens with zero attached hydrogens (tertiary/aromatic N) is 3. The van der Waals surface area contributed by atoms with Crippen molar-refractivity contribution >= 4 is 51.7 Å². The summed E-state index contributed by atoms with van der Waals surface area (Å²) >= 11 is 6.33. The Morgan fingerprint density at radius 3 is 2.88 bits per heavy atom. The van der Waals surface area contributed by atoms with Crippen molar-refractivity contribution in [2.24, 2.45) is 0 Å². The van der Waals surface area contributed by atoms with Crippen molar-refractivity contribution in [3.05, 3.63) is 45.2 Å². The van der Waals surface area contributed by atoms with Gasteiger partial charge in [0.2, 0.25) is 0 Å². The third-order valence-electron chi connectivity index (χ3n) is 3.85. The average molecular weight is 390 g/mol. The fraction of sp³-hybridized carbons (Fsp3) is 0.294. The number of likely N-dealkylation sites (N-methyl/N-ethyl adjacent to an activating group) is 1. The molecule has 0 spiro atoms. The molecular formula is C17H18N4O3S2. The number of carbonyl (C=O) groups is 1. The molecule has 1 N–H and O–H groups in total. The number of nitrogens with one attached hydrogen (secondary N) is 1. The van der Waals surface area contributed by atoms with Crippen molar-refractivity contribution in [1.82, 2.24) is 14.3 Å². The van der Waals surface area contributed by atoms with E-state index in [0.29, 0.717) is 39.4 Å². The maximum absolute atomic E-state index is 12.9. The molecule has 9 heteroatoms. The van der Waals surface area contributed by atoms with E-state index in [4.69, 9.17) is 17.0 Å². The number of anilines is 1. The number of hydrogen-bond donors (Lipinski definition) is 1. The highest BCUT2D eigenvalue weighted by atomic mass is 32.2. The molecule has 3 heterocycles. The summed E-state index contributed by atoms with van der Waals surface area (Å²) in [5.41, 5.74) is 0.623. The first-order valence-electron chi connectivity index (χ1n) is 7.98. The number of pyridine rings is 1. The van der Waals surface area contributed by atoms with Crippen LogP contribution in [0.3, 0.4) is 0 Å². The van der Waals surface area contributed by atoms with Crippen LogP contribution >= 0.6 is 24.0 Å². The Hall–Kier alpha value is -2.23. The molecule has 136 valence electrons. The Balaban J connectivity index is 2.06. The van der Waals surface area contributed by atoms with Crippen LogP contribution in [0, 0.1) is 0 Å². The van der Waals surface area contributed by atoms with Crippen molar-refractivity contribution in [2.45, 2.75) is 6.42 Å². The molecule has 0 unspecified atom stereocenters. The van der Waals surface area contributed by atoms with E-state index in [1.54, 1.807) is 38.6 Å². The Morgan fingerprint density at radius 2 is 2.19 bits per heavy atom. The fourth-order valence-electron chi connectivity index (χ4n) is 2.47. The van der Waals surface area contributed by atoms with E-state index in [1.807, 2.05) is 6.07 Å². The SMILES string of the molecule is COCCCNc1nc2ccccn2c(=O)c1C=C1SC(=S)N(C)C1=O. The molecular weight excluding hydrogens is 372 g/mol. The number of thioether (sulfide) groups is 1. The standard InChI is InChI=1S/C17H18N4O3S2/c1-20-16(23)12(26-17(20)25)10-11-14(18-7-5-9-24-2)19-13-6-3-4-8-21(13)15(11)22/h3-4,6,8,10,18H,5,7,9H2,1-2H3. The molecule has 1 amide bonds. The molecule has 3 rings (SSSR count). The first-order valence-corrected chi connectivity index (χ1v) is 9.21. The molecule has 0 radical (unpaired) electrons. The summed E-state index contributed by atoms with van der Waals surface area (Å²) in [7, 11) is 3.26. The van der Waals surface area contributed by atoms with Crippen LogP contribution in [0.15, 0.2) is 34.1 Å².